The van der Waals surface area contributed by atoms with Gasteiger partial charge in [-0.15, -0.1) is 11.3 Å². The number of aromatic amines is 1. The third kappa shape index (κ3) is 2.80. The molecule has 0 saturated carbocycles. The average Bonchev–Trinajstić information content (AvgIpc) is 3.18. The van der Waals surface area contributed by atoms with Crippen molar-refractivity contribution < 1.29 is 8.42 Å². The standard InChI is InChI=1S/C12H14N6O2S2/c1-18(22(19,20)10-3-2-6-21-10)5-4-13-11-9-7-16-17-12(9)15-8-14-11/h2-3,6-8H,4-5H2,1H3,(H2,13,14,15,16,17). The Labute approximate surface area is 131 Å². The minimum atomic E-state index is -3.42. The zero-order chi connectivity index (χ0) is 15.6. The molecule has 0 bridgehead atoms. The van der Waals surface area contributed by atoms with Crippen molar-refractivity contribution in [1.29, 1.82) is 0 Å². The molecule has 0 spiro atoms. The molecule has 0 atom stereocenters. The van der Waals surface area contributed by atoms with E-state index in [9.17, 15) is 8.42 Å². The van der Waals surface area contributed by atoms with Crippen LogP contribution in [-0.2, 0) is 10.0 Å². The number of nitrogens with one attached hydrogen (secondary N) is 2. The Bertz CT molecular complexity index is 859. The van der Waals surface area contributed by atoms with E-state index in [4.69, 9.17) is 0 Å². The van der Waals surface area contributed by atoms with Crippen LogP contribution in [-0.4, -0.2) is 53.0 Å². The van der Waals surface area contributed by atoms with Crippen LogP contribution >= 0.6 is 11.3 Å². The zero-order valence-electron chi connectivity index (χ0n) is 11.7. The fraction of sp³-hybridized carbons (Fsp3) is 0.250. The van der Waals surface area contributed by atoms with E-state index in [1.807, 2.05) is 0 Å². The molecule has 0 fully saturated rings. The first-order valence-electron chi connectivity index (χ1n) is 6.47. The van der Waals surface area contributed by atoms with Gasteiger partial charge in [-0.25, -0.2) is 18.4 Å². The number of sulfonamides is 1. The van der Waals surface area contributed by atoms with Gasteiger partial charge in [0.2, 0.25) is 0 Å². The third-order valence-electron chi connectivity index (χ3n) is 3.13. The molecular weight excluding hydrogens is 324 g/mol. The first-order chi connectivity index (χ1) is 10.6. The van der Waals surface area contributed by atoms with Crippen LogP contribution in [0.1, 0.15) is 0 Å². The van der Waals surface area contributed by atoms with Crippen LogP contribution in [0.15, 0.2) is 34.2 Å². The Morgan fingerprint density at radius 1 is 1.41 bits per heavy atom. The molecule has 0 unspecified atom stereocenters. The van der Waals surface area contributed by atoms with E-state index in [-0.39, 0.29) is 0 Å². The molecule has 0 aliphatic carbocycles. The summed E-state index contributed by atoms with van der Waals surface area (Å²) in [6, 6.07) is 3.32. The molecule has 8 nitrogen and oxygen atoms in total. The lowest BCUT2D eigenvalue weighted by Crippen LogP contribution is -2.31. The molecule has 0 amide bonds. The molecular formula is C12H14N6O2S2. The van der Waals surface area contributed by atoms with Crippen molar-refractivity contribution >= 4 is 38.2 Å². The molecule has 3 aromatic rings. The summed E-state index contributed by atoms with van der Waals surface area (Å²) in [5.41, 5.74) is 0.636. The number of hydrogen-bond donors (Lipinski definition) is 2. The molecule has 2 N–H and O–H groups in total. The van der Waals surface area contributed by atoms with Crippen molar-refractivity contribution in [3.63, 3.8) is 0 Å². The van der Waals surface area contributed by atoms with Gasteiger partial charge < -0.3 is 5.32 Å². The van der Waals surface area contributed by atoms with Crippen LogP contribution in [0.3, 0.4) is 0 Å². The van der Waals surface area contributed by atoms with Crippen LogP contribution in [0.4, 0.5) is 5.82 Å². The van der Waals surface area contributed by atoms with E-state index >= 15 is 0 Å². The van der Waals surface area contributed by atoms with E-state index < -0.39 is 10.0 Å². The summed E-state index contributed by atoms with van der Waals surface area (Å²) < 4.78 is 26.2. The summed E-state index contributed by atoms with van der Waals surface area (Å²) in [5, 5.41) is 12.3. The molecule has 0 aliphatic heterocycles. The zero-order valence-corrected chi connectivity index (χ0v) is 13.4. The number of aromatic nitrogens is 4. The number of hydrogen-bond acceptors (Lipinski definition) is 7. The maximum Gasteiger partial charge on any atom is 0.252 e. The first-order valence-corrected chi connectivity index (χ1v) is 8.79. The Balaban J connectivity index is 1.65. The highest BCUT2D eigenvalue weighted by atomic mass is 32.2. The SMILES string of the molecule is CN(CCNc1ncnc2[nH]ncc12)S(=O)(=O)c1cccs1. The highest BCUT2D eigenvalue weighted by molar-refractivity contribution is 7.91. The molecule has 0 aromatic carbocycles. The van der Waals surface area contributed by atoms with E-state index in [0.29, 0.717) is 28.8 Å². The quantitative estimate of drug-likeness (QED) is 0.699. The molecule has 0 saturated heterocycles. The summed E-state index contributed by atoms with van der Waals surface area (Å²) >= 11 is 1.21. The minimum absolute atomic E-state index is 0.323. The lowest BCUT2D eigenvalue weighted by Gasteiger charge is -2.16. The van der Waals surface area contributed by atoms with Gasteiger partial charge in [0.25, 0.3) is 10.0 Å². The molecule has 0 aliphatic rings. The Morgan fingerprint density at radius 2 is 2.27 bits per heavy atom. The maximum atomic E-state index is 12.3. The van der Waals surface area contributed by atoms with Crippen molar-refractivity contribution in [3.8, 4) is 0 Å². The van der Waals surface area contributed by atoms with Crippen LogP contribution in [0.5, 0.6) is 0 Å². The molecule has 116 valence electrons. The number of rotatable bonds is 6. The molecule has 0 radical (unpaired) electrons. The minimum Gasteiger partial charge on any atom is -0.368 e. The Kier molecular flexibility index (Phi) is 4.05. The first kappa shape index (κ1) is 14.9. The lowest BCUT2D eigenvalue weighted by molar-refractivity contribution is 0.482. The van der Waals surface area contributed by atoms with E-state index in [2.05, 4.69) is 25.5 Å². The second-order valence-electron chi connectivity index (χ2n) is 4.54. The maximum absolute atomic E-state index is 12.3. The second kappa shape index (κ2) is 5.99. The largest absolute Gasteiger partial charge is 0.368 e. The molecule has 3 heterocycles. The summed E-state index contributed by atoms with van der Waals surface area (Å²) in [5.74, 6) is 0.626. The molecule has 3 aromatic heterocycles. The van der Waals surface area contributed by atoms with Gasteiger partial charge in [0.1, 0.15) is 16.4 Å². The predicted octanol–water partition coefficient (Wildman–Crippen LogP) is 1.15. The molecule has 22 heavy (non-hydrogen) atoms. The Hall–Kier alpha value is -2.04. The van der Waals surface area contributed by atoms with Gasteiger partial charge in [0, 0.05) is 20.1 Å². The highest BCUT2D eigenvalue weighted by Crippen LogP contribution is 2.20. The lowest BCUT2D eigenvalue weighted by atomic mass is 10.4. The van der Waals surface area contributed by atoms with Gasteiger partial charge in [-0.05, 0) is 11.4 Å². The monoisotopic (exact) mass is 338 g/mol. The van der Waals surface area contributed by atoms with Crippen LogP contribution in [0.2, 0.25) is 0 Å². The highest BCUT2D eigenvalue weighted by Gasteiger charge is 2.21. The number of likely N-dealkylation sites (N-methyl/N-ethyl adjacent to an activating group) is 1. The molecule has 10 heteroatoms. The average molecular weight is 338 g/mol. The summed E-state index contributed by atoms with van der Waals surface area (Å²) in [6.45, 7) is 0.752. The van der Waals surface area contributed by atoms with E-state index in [0.717, 1.165) is 5.39 Å². The fourth-order valence-electron chi connectivity index (χ4n) is 1.92. The topological polar surface area (TPSA) is 104 Å². The van der Waals surface area contributed by atoms with Gasteiger partial charge in [0.05, 0.1) is 11.6 Å². The van der Waals surface area contributed by atoms with Gasteiger partial charge >= 0.3 is 0 Å². The van der Waals surface area contributed by atoms with Gasteiger partial charge in [-0.1, -0.05) is 6.07 Å². The van der Waals surface area contributed by atoms with Crippen molar-refractivity contribution in [2.24, 2.45) is 0 Å². The van der Waals surface area contributed by atoms with Crippen LogP contribution < -0.4 is 5.32 Å². The van der Waals surface area contributed by atoms with Crippen molar-refractivity contribution in [3.05, 3.63) is 30.0 Å². The van der Waals surface area contributed by atoms with Crippen LogP contribution in [0.25, 0.3) is 11.0 Å². The van der Waals surface area contributed by atoms with Gasteiger partial charge in [-0.2, -0.15) is 9.40 Å². The van der Waals surface area contributed by atoms with E-state index in [1.54, 1.807) is 30.8 Å². The number of H-pyrrole nitrogens is 1. The summed E-state index contributed by atoms with van der Waals surface area (Å²) in [4.78, 5) is 8.18. The second-order valence-corrected chi connectivity index (χ2v) is 7.76. The number of nitrogens with zero attached hydrogens (tertiary/aromatic N) is 4. The smallest absolute Gasteiger partial charge is 0.252 e. The summed E-state index contributed by atoms with van der Waals surface area (Å²) in [7, 11) is -1.86. The predicted molar refractivity (Wildman–Crippen MR) is 84.3 cm³/mol. The number of fused-ring (bicyclic) bond motifs is 1. The number of thiophene rings is 1. The summed E-state index contributed by atoms with van der Waals surface area (Å²) in [6.07, 6.45) is 3.05. The normalized spacial score (nSPS) is 12.1. The molecule has 3 rings (SSSR count). The van der Waals surface area contributed by atoms with Crippen molar-refractivity contribution in [1.82, 2.24) is 24.5 Å². The van der Waals surface area contributed by atoms with Gasteiger partial charge in [-0.3, -0.25) is 5.10 Å². The van der Waals surface area contributed by atoms with Crippen molar-refractivity contribution in [2.45, 2.75) is 4.21 Å². The fourth-order valence-corrected chi connectivity index (χ4v) is 4.29. The van der Waals surface area contributed by atoms with Gasteiger partial charge in [0.15, 0.2) is 5.65 Å². The van der Waals surface area contributed by atoms with Crippen LogP contribution in [0, 0.1) is 0 Å². The number of anilines is 1. The Morgan fingerprint density at radius 3 is 3.05 bits per heavy atom. The third-order valence-corrected chi connectivity index (χ3v) is 6.36. The van der Waals surface area contributed by atoms with E-state index in [1.165, 1.54) is 22.0 Å². The van der Waals surface area contributed by atoms with Crippen molar-refractivity contribution in [2.75, 3.05) is 25.5 Å².